The van der Waals surface area contributed by atoms with Gasteiger partial charge < -0.3 is 25.1 Å². The average Bonchev–Trinajstić information content (AvgIpc) is 3.27. The predicted octanol–water partition coefficient (Wildman–Crippen LogP) is 3.57. The summed E-state index contributed by atoms with van der Waals surface area (Å²) in [5.41, 5.74) is 7.69. The number of rotatable bonds is 7. The smallest absolute Gasteiger partial charge is 0.231 e. The molecule has 8 nitrogen and oxygen atoms in total. The van der Waals surface area contributed by atoms with Crippen LogP contribution in [0.2, 0.25) is 0 Å². The minimum absolute atomic E-state index is 0.0131. The molecule has 1 aliphatic heterocycles. The van der Waals surface area contributed by atoms with Gasteiger partial charge in [0.25, 0.3) is 0 Å². The number of halogens is 1. The summed E-state index contributed by atoms with van der Waals surface area (Å²) in [5.74, 6) is 1.84. The number of carbonyl (C=O) groups is 1. The van der Waals surface area contributed by atoms with Gasteiger partial charge in [0.05, 0.1) is 5.52 Å². The summed E-state index contributed by atoms with van der Waals surface area (Å²) in [6, 6.07) is 5.77. The molecule has 0 bridgehead atoms. The molecule has 0 unspecified atom stereocenters. The SMILES string of the molecule is CC(=O)NCCCCn1c(Sc2cc3c(cc2Br)OCO3)nc2c(N)nccc21. The second-order valence-electron chi connectivity index (χ2n) is 6.54. The van der Waals surface area contributed by atoms with Crippen molar-refractivity contribution in [3.05, 3.63) is 28.9 Å². The third kappa shape index (κ3) is 4.27. The maximum absolute atomic E-state index is 11.0. The zero-order chi connectivity index (χ0) is 20.4. The zero-order valence-electron chi connectivity index (χ0n) is 15.8. The molecule has 0 saturated heterocycles. The van der Waals surface area contributed by atoms with Crippen molar-refractivity contribution in [3.8, 4) is 11.5 Å². The summed E-state index contributed by atoms with van der Waals surface area (Å²) in [6.45, 7) is 3.16. The van der Waals surface area contributed by atoms with Crippen molar-refractivity contribution in [2.75, 3.05) is 19.1 Å². The molecule has 2 aromatic heterocycles. The minimum atomic E-state index is -0.0131. The number of pyridine rings is 1. The van der Waals surface area contributed by atoms with Crippen molar-refractivity contribution in [1.82, 2.24) is 19.9 Å². The minimum Gasteiger partial charge on any atom is -0.454 e. The lowest BCUT2D eigenvalue weighted by Gasteiger charge is -2.10. The van der Waals surface area contributed by atoms with Gasteiger partial charge in [0.2, 0.25) is 12.7 Å². The van der Waals surface area contributed by atoms with Gasteiger partial charge in [-0.1, -0.05) is 11.8 Å². The van der Waals surface area contributed by atoms with E-state index in [1.165, 1.54) is 18.7 Å². The molecule has 29 heavy (non-hydrogen) atoms. The first-order valence-corrected chi connectivity index (χ1v) is 10.8. The number of hydrogen-bond acceptors (Lipinski definition) is 7. The Hall–Kier alpha value is -2.46. The molecule has 0 spiro atoms. The van der Waals surface area contributed by atoms with Crippen LogP contribution < -0.4 is 20.5 Å². The van der Waals surface area contributed by atoms with Gasteiger partial charge in [0.15, 0.2) is 22.5 Å². The van der Waals surface area contributed by atoms with Crippen LogP contribution in [0.1, 0.15) is 19.8 Å². The van der Waals surface area contributed by atoms with Gasteiger partial charge in [-0.05, 0) is 47.0 Å². The van der Waals surface area contributed by atoms with E-state index in [-0.39, 0.29) is 12.7 Å². The standard InChI is InChI=1S/C19H20BrN5O3S/c1-11(26)22-5-2-3-7-25-13-4-6-23-18(21)17(13)24-19(25)29-16-9-15-14(8-12(16)20)27-10-28-15/h4,6,8-9H,2-3,5,7,10H2,1H3,(H2,21,23)(H,22,26). The number of imidazole rings is 1. The van der Waals surface area contributed by atoms with Crippen LogP contribution in [0.25, 0.3) is 11.0 Å². The Kier molecular flexibility index (Phi) is 5.81. The zero-order valence-corrected chi connectivity index (χ0v) is 18.2. The fourth-order valence-corrected chi connectivity index (χ4v) is 4.60. The van der Waals surface area contributed by atoms with Crippen molar-refractivity contribution in [1.29, 1.82) is 0 Å². The number of anilines is 1. The second kappa shape index (κ2) is 8.50. The Labute approximate surface area is 180 Å². The second-order valence-corrected chi connectivity index (χ2v) is 8.40. The van der Waals surface area contributed by atoms with E-state index in [0.29, 0.717) is 17.9 Å². The molecule has 152 valence electrons. The molecule has 1 aliphatic rings. The Bertz CT molecular complexity index is 1070. The van der Waals surface area contributed by atoms with Crippen LogP contribution in [0.3, 0.4) is 0 Å². The summed E-state index contributed by atoms with van der Waals surface area (Å²) >= 11 is 5.13. The largest absolute Gasteiger partial charge is 0.454 e. The highest BCUT2D eigenvalue weighted by molar-refractivity contribution is 9.10. The molecular formula is C19H20BrN5O3S. The number of nitrogen functional groups attached to an aromatic ring is 1. The highest BCUT2D eigenvalue weighted by Gasteiger charge is 2.20. The van der Waals surface area contributed by atoms with E-state index in [1.807, 2.05) is 18.2 Å². The number of amides is 1. The van der Waals surface area contributed by atoms with Gasteiger partial charge in [0.1, 0.15) is 5.52 Å². The van der Waals surface area contributed by atoms with Crippen LogP contribution in [0.4, 0.5) is 5.82 Å². The van der Waals surface area contributed by atoms with Crippen molar-refractivity contribution in [2.45, 2.75) is 36.4 Å². The summed E-state index contributed by atoms with van der Waals surface area (Å²) < 4.78 is 14.0. The normalized spacial score (nSPS) is 12.5. The third-order valence-corrected chi connectivity index (χ3v) is 6.44. The Morgan fingerprint density at radius 1 is 1.34 bits per heavy atom. The Morgan fingerprint density at radius 3 is 2.93 bits per heavy atom. The van der Waals surface area contributed by atoms with Crippen LogP contribution >= 0.6 is 27.7 Å². The van der Waals surface area contributed by atoms with E-state index in [0.717, 1.165) is 50.9 Å². The van der Waals surface area contributed by atoms with E-state index in [9.17, 15) is 4.79 Å². The number of nitrogens with one attached hydrogen (secondary N) is 1. The third-order valence-electron chi connectivity index (χ3n) is 4.47. The number of unbranched alkanes of at least 4 members (excludes halogenated alkanes) is 1. The first kappa shape index (κ1) is 19.8. The van der Waals surface area contributed by atoms with Gasteiger partial charge in [-0.2, -0.15) is 0 Å². The van der Waals surface area contributed by atoms with Gasteiger partial charge in [-0.3, -0.25) is 4.79 Å². The number of nitrogens with zero attached hydrogens (tertiary/aromatic N) is 3. The lowest BCUT2D eigenvalue weighted by Crippen LogP contribution is -2.21. The quantitative estimate of drug-likeness (QED) is 0.501. The van der Waals surface area contributed by atoms with Crippen molar-refractivity contribution in [3.63, 3.8) is 0 Å². The van der Waals surface area contributed by atoms with Gasteiger partial charge >= 0.3 is 0 Å². The van der Waals surface area contributed by atoms with Crippen LogP contribution in [0.5, 0.6) is 11.5 Å². The molecule has 0 fully saturated rings. The van der Waals surface area contributed by atoms with Crippen LogP contribution in [-0.2, 0) is 11.3 Å². The highest BCUT2D eigenvalue weighted by Crippen LogP contribution is 2.43. The van der Waals surface area contributed by atoms with Crippen molar-refractivity contribution >= 4 is 50.5 Å². The number of fused-ring (bicyclic) bond motifs is 2. The number of benzene rings is 1. The summed E-state index contributed by atoms with van der Waals surface area (Å²) in [6.07, 6.45) is 3.46. The maximum Gasteiger partial charge on any atom is 0.231 e. The monoisotopic (exact) mass is 477 g/mol. The first-order valence-electron chi connectivity index (χ1n) is 9.15. The van der Waals surface area contributed by atoms with Gasteiger partial charge in [-0.15, -0.1) is 0 Å². The summed E-state index contributed by atoms with van der Waals surface area (Å²) in [5, 5.41) is 3.65. The molecule has 3 heterocycles. The molecule has 1 amide bonds. The molecule has 0 atom stereocenters. The number of aryl methyl sites for hydroxylation is 1. The number of carbonyl (C=O) groups excluding carboxylic acids is 1. The van der Waals surface area contributed by atoms with E-state index in [4.69, 9.17) is 20.2 Å². The molecule has 3 N–H and O–H groups in total. The molecule has 4 rings (SSSR count). The van der Waals surface area contributed by atoms with Crippen molar-refractivity contribution < 1.29 is 14.3 Å². The molecule has 3 aromatic rings. The highest BCUT2D eigenvalue weighted by atomic mass is 79.9. The topological polar surface area (TPSA) is 104 Å². The number of aromatic nitrogens is 3. The van der Waals surface area contributed by atoms with Crippen LogP contribution in [-0.4, -0.2) is 33.8 Å². The molecule has 0 aliphatic carbocycles. The number of nitrogens with two attached hydrogens (primary N) is 1. The molecule has 0 radical (unpaired) electrons. The van der Waals surface area contributed by atoms with Crippen LogP contribution in [0.15, 0.2) is 38.9 Å². The number of hydrogen-bond donors (Lipinski definition) is 2. The fraction of sp³-hybridized carbons (Fsp3) is 0.316. The van der Waals surface area contributed by atoms with Crippen molar-refractivity contribution in [2.24, 2.45) is 0 Å². The van der Waals surface area contributed by atoms with E-state index in [1.54, 1.807) is 6.20 Å². The van der Waals surface area contributed by atoms with E-state index >= 15 is 0 Å². The Balaban J connectivity index is 1.61. The molecular weight excluding hydrogens is 458 g/mol. The average molecular weight is 478 g/mol. The van der Waals surface area contributed by atoms with E-state index < -0.39 is 0 Å². The van der Waals surface area contributed by atoms with Gasteiger partial charge in [0, 0.05) is 35.6 Å². The lowest BCUT2D eigenvalue weighted by atomic mass is 10.3. The first-order chi connectivity index (χ1) is 14.0. The maximum atomic E-state index is 11.0. The van der Waals surface area contributed by atoms with Gasteiger partial charge in [-0.25, -0.2) is 9.97 Å². The van der Waals surface area contributed by atoms with Crippen LogP contribution in [0, 0.1) is 0 Å². The summed E-state index contributed by atoms with van der Waals surface area (Å²) in [4.78, 5) is 20.9. The fourth-order valence-electron chi connectivity index (χ4n) is 3.08. The molecule has 1 aromatic carbocycles. The lowest BCUT2D eigenvalue weighted by molar-refractivity contribution is -0.118. The molecule has 0 saturated carbocycles. The van der Waals surface area contributed by atoms with E-state index in [2.05, 4.69) is 30.8 Å². The predicted molar refractivity (Wildman–Crippen MR) is 114 cm³/mol. The summed E-state index contributed by atoms with van der Waals surface area (Å²) in [7, 11) is 0. The number of ether oxygens (including phenoxy) is 2. The Morgan fingerprint density at radius 2 is 2.14 bits per heavy atom. The molecule has 10 heteroatoms.